The molecule has 2 atom stereocenters. The Morgan fingerprint density at radius 3 is 2.65 bits per heavy atom. The number of alkyl halides is 2. The maximum absolute atomic E-state index is 12.3. The average Bonchev–Trinajstić information content (AvgIpc) is 2.95. The predicted octanol–water partition coefficient (Wildman–Crippen LogP) is 3.59. The first-order valence-electron chi connectivity index (χ1n) is 7.03. The number of hydrogen-bond acceptors (Lipinski definition) is 4. The molecule has 23 heavy (non-hydrogen) atoms. The summed E-state index contributed by atoms with van der Waals surface area (Å²) >= 11 is 1.02. The van der Waals surface area contributed by atoms with Crippen LogP contribution in [-0.4, -0.2) is 23.7 Å². The van der Waals surface area contributed by atoms with Crippen molar-refractivity contribution in [3.63, 3.8) is 0 Å². The summed E-state index contributed by atoms with van der Waals surface area (Å²) in [4.78, 5) is 12.2. The first-order valence-corrected chi connectivity index (χ1v) is 7.91. The topological polar surface area (TPSA) is 58.6 Å². The van der Waals surface area contributed by atoms with E-state index in [9.17, 15) is 18.7 Å². The van der Waals surface area contributed by atoms with Crippen LogP contribution in [0.1, 0.15) is 34.7 Å². The monoisotopic (exact) mass is 341 g/mol. The van der Waals surface area contributed by atoms with Crippen molar-refractivity contribution in [3.8, 4) is 5.75 Å². The number of ether oxygens (including phenoxy) is 1. The summed E-state index contributed by atoms with van der Waals surface area (Å²) in [6, 6.07) is 10.1. The van der Waals surface area contributed by atoms with E-state index in [0.717, 1.165) is 16.9 Å². The van der Waals surface area contributed by atoms with E-state index < -0.39 is 18.6 Å². The lowest BCUT2D eigenvalue weighted by Crippen LogP contribution is -2.33. The average molecular weight is 341 g/mol. The summed E-state index contributed by atoms with van der Waals surface area (Å²) in [6.45, 7) is -1.24. The van der Waals surface area contributed by atoms with Gasteiger partial charge in [0.05, 0.1) is 6.10 Å². The van der Waals surface area contributed by atoms with Crippen molar-refractivity contribution in [3.05, 3.63) is 52.2 Å². The Bertz CT molecular complexity index is 633. The van der Waals surface area contributed by atoms with Crippen LogP contribution in [0.5, 0.6) is 5.75 Å². The molecule has 124 valence electrons. The molecule has 4 nitrogen and oxygen atoms in total. The van der Waals surface area contributed by atoms with Gasteiger partial charge < -0.3 is 15.2 Å². The minimum Gasteiger partial charge on any atom is -0.433 e. The van der Waals surface area contributed by atoms with E-state index in [4.69, 9.17) is 0 Å². The van der Waals surface area contributed by atoms with Gasteiger partial charge >= 0.3 is 6.61 Å². The van der Waals surface area contributed by atoms with E-state index in [1.165, 1.54) is 11.4 Å². The second-order valence-corrected chi connectivity index (χ2v) is 5.95. The van der Waals surface area contributed by atoms with Crippen molar-refractivity contribution in [1.29, 1.82) is 0 Å². The molecule has 1 aromatic heterocycles. The Kier molecular flexibility index (Phi) is 6.06. The Morgan fingerprint density at radius 1 is 1.30 bits per heavy atom. The van der Waals surface area contributed by atoms with Gasteiger partial charge in [0, 0.05) is 6.04 Å². The van der Waals surface area contributed by atoms with Crippen molar-refractivity contribution in [2.75, 3.05) is 0 Å². The van der Waals surface area contributed by atoms with Crippen molar-refractivity contribution in [2.45, 2.75) is 32.1 Å². The molecule has 2 rings (SSSR count). The van der Waals surface area contributed by atoms with E-state index in [-0.39, 0.29) is 16.7 Å². The van der Waals surface area contributed by atoms with Gasteiger partial charge in [-0.15, -0.1) is 11.3 Å². The first-order chi connectivity index (χ1) is 11.0. The van der Waals surface area contributed by atoms with E-state index in [1.54, 1.807) is 19.1 Å². The standard InChI is InChI=1S/C16H17F2NO3S/c1-10(9-12(20)11-5-3-2-4-6-11)19-15(21)14-13(7-8-23-14)22-16(17)18/h2-8,10,12,16,20H,9H2,1H3,(H,19,21). The molecule has 0 bridgehead atoms. The number of rotatable bonds is 7. The van der Waals surface area contributed by atoms with Crippen LogP contribution < -0.4 is 10.1 Å². The molecule has 1 heterocycles. The third kappa shape index (κ3) is 5.01. The van der Waals surface area contributed by atoms with Crippen LogP contribution in [-0.2, 0) is 0 Å². The zero-order valence-electron chi connectivity index (χ0n) is 12.4. The second kappa shape index (κ2) is 8.03. The summed E-state index contributed by atoms with van der Waals surface area (Å²) in [5.41, 5.74) is 0.756. The fourth-order valence-electron chi connectivity index (χ4n) is 2.15. The Balaban J connectivity index is 1.93. The van der Waals surface area contributed by atoms with Gasteiger partial charge in [0.25, 0.3) is 5.91 Å². The molecular formula is C16H17F2NO3S. The molecule has 2 unspecified atom stereocenters. The number of halogens is 2. The van der Waals surface area contributed by atoms with Crippen LogP contribution >= 0.6 is 11.3 Å². The van der Waals surface area contributed by atoms with Crippen molar-refractivity contribution >= 4 is 17.2 Å². The maximum Gasteiger partial charge on any atom is 0.387 e. The number of carbonyl (C=O) groups excluding carboxylic acids is 1. The minimum atomic E-state index is -2.98. The van der Waals surface area contributed by atoms with Crippen LogP contribution in [0.4, 0.5) is 8.78 Å². The van der Waals surface area contributed by atoms with E-state index >= 15 is 0 Å². The number of amides is 1. The summed E-state index contributed by atoms with van der Waals surface area (Å²) in [7, 11) is 0. The molecular weight excluding hydrogens is 324 g/mol. The van der Waals surface area contributed by atoms with Gasteiger partial charge in [0.1, 0.15) is 10.6 Å². The molecule has 0 spiro atoms. The molecule has 0 saturated carbocycles. The molecule has 2 N–H and O–H groups in total. The zero-order valence-corrected chi connectivity index (χ0v) is 13.2. The number of nitrogens with one attached hydrogen (secondary N) is 1. The minimum absolute atomic E-state index is 0.0892. The highest BCUT2D eigenvalue weighted by atomic mass is 32.1. The largest absolute Gasteiger partial charge is 0.433 e. The molecule has 1 aromatic carbocycles. The molecule has 0 saturated heterocycles. The lowest BCUT2D eigenvalue weighted by molar-refractivity contribution is -0.0498. The fourth-order valence-corrected chi connectivity index (χ4v) is 2.87. The lowest BCUT2D eigenvalue weighted by Gasteiger charge is -2.18. The van der Waals surface area contributed by atoms with E-state index in [1.807, 2.05) is 18.2 Å². The van der Waals surface area contributed by atoms with Crippen molar-refractivity contribution in [1.82, 2.24) is 5.32 Å². The summed E-state index contributed by atoms with van der Waals surface area (Å²) in [6.07, 6.45) is -0.404. The maximum atomic E-state index is 12.3. The number of carbonyl (C=O) groups is 1. The highest BCUT2D eigenvalue weighted by molar-refractivity contribution is 7.12. The van der Waals surface area contributed by atoms with Gasteiger partial charge in [-0.1, -0.05) is 30.3 Å². The normalized spacial score (nSPS) is 13.6. The van der Waals surface area contributed by atoms with Crippen molar-refractivity contribution in [2.24, 2.45) is 0 Å². The van der Waals surface area contributed by atoms with Gasteiger partial charge in [-0.3, -0.25) is 4.79 Å². The number of aliphatic hydroxyl groups excluding tert-OH is 1. The van der Waals surface area contributed by atoms with Gasteiger partial charge in [0.2, 0.25) is 0 Å². The van der Waals surface area contributed by atoms with Crippen LogP contribution in [0.25, 0.3) is 0 Å². The van der Waals surface area contributed by atoms with Gasteiger partial charge in [-0.25, -0.2) is 0 Å². The number of hydrogen-bond donors (Lipinski definition) is 2. The lowest BCUT2D eigenvalue weighted by atomic mass is 10.0. The third-order valence-electron chi connectivity index (χ3n) is 3.19. The molecule has 0 fully saturated rings. The Hall–Kier alpha value is -1.99. The highest BCUT2D eigenvalue weighted by Gasteiger charge is 2.20. The van der Waals surface area contributed by atoms with Crippen LogP contribution in [0.2, 0.25) is 0 Å². The van der Waals surface area contributed by atoms with Crippen LogP contribution in [0, 0.1) is 0 Å². The molecule has 0 aliphatic rings. The van der Waals surface area contributed by atoms with E-state index in [2.05, 4.69) is 10.1 Å². The van der Waals surface area contributed by atoms with Crippen molar-refractivity contribution < 1.29 is 23.4 Å². The Morgan fingerprint density at radius 2 is 2.00 bits per heavy atom. The predicted molar refractivity (Wildman–Crippen MR) is 83.9 cm³/mol. The zero-order chi connectivity index (χ0) is 16.8. The molecule has 0 radical (unpaired) electrons. The first kappa shape index (κ1) is 17.4. The molecule has 7 heteroatoms. The molecule has 2 aromatic rings. The van der Waals surface area contributed by atoms with E-state index in [0.29, 0.717) is 6.42 Å². The quantitative estimate of drug-likeness (QED) is 0.809. The molecule has 0 aliphatic heterocycles. The van der Waals surface area contributed by atoms with Crippen LogP contribution in [0.15, 0.2) is 41.8 Å². The second-order valence-electron chi connectivity index (χ2n) is 5.03. The fraction of sp³-hybridized carbons (Fsp3) is 0.312. The number of thiophene rings is 1. The summed E-state index contributed by atoms with van der Waals surface area (Å²) in [5.74, 6) is -0.637. The van der Waals surface area contributed by atoms with Crippen LogP contribution in [0.3, 0.4) is 0 Å². The SMILES string of the molecule is CC(CC(O)c1ccccc1)NC(=O)c1sccc1OC(F)F. The summed E-state index contributed by atoms with van der Waals surface area (Å²) < 4.78 is 28.9. The van der Waals surface area contributed by atoms with Gasteiger partial charge in [-0.05, 0) is 30.4 Å². The number of benzene rings is 1. The van der Waals surface area contributed by atoms with Gasteiger partial charge in [-0.2, -0.15) is 8.78 Å². The highest BCUT2D eigenvalue weighted by Crippen LogP contribution is 2.26. The van der Waals surface area contributed by atoms with Gasteiger partial charge in [0.15, 0.2) is 0 Å². The Labute approximate surface area is 136 Å². The smallest absolute Gasteiger partial charge is 0.387 e. The molecule has 1 amide bonds. The molecule has 0 aliphatic carbocycles. The third-order valence-corrected chi connectivity index (χ3v) is 4.08. The summed E-state index contributed by atoms with van der Waals surface area (Å²) in [5, 5.41) is 14.3. The number of aliphatic hydroxyl groups is 1.